The third-order valence-electron chi connectivity index (χ3n) is 4.12. The zero-order valence-electron chi connectivity index (χ0n) is 14.5. The van der Waals surface area contributed by atoms with Crippen LogP contribution in [-0.4, -0.2) is 23.8 Å². The number of aromatic amines is 1. The van der Waals surface area contributed by atoms with Crippen molar-refractivity contribution >= 4 is 33.9 Å². The number of aromatic nitrogens is 1. The molecule has 0 aliphatic carbocycles. The fraction of sp³-hybridized carbons (Fsp3) is 0.211. The lowest BCUT2D eigenvalue weighted by molar-refractivity contribution is -0.137. The number of H-pyrrole nitrogens is 1. The fourth-order valence-electron chi connectivity index (χ4n) is 2.72. The highest BCUT2D eigenvalue weighted by molar-refractivity contribution is 7.80. The molecule has 1 aromatic heterocycles. The van der Waals surface area contributed by atoms with E-state index in [-0.39, 0.29) is 0 Å². The Morgan fingerprint density at radius 1 is 1.15 bits per heavy atom. The molecular weight excluding hydrogens is 375 g/mol. The molecule has 8 heteroatoms. The highest BCUT2D eigenvalue weighted by Crippen LogP contribution is 2.29. The average Bonchev–Trinajstić information content (AvgIpc) is 3.03. The first-order valence-corrected chi connectivity index (χ1v) is 8.64. The molecule has 0 atom stereocenters. The summed E-state index contributed by atoms with van der Waals surface area (Å²) in [6.07, 6.45) is -1.68. The van der Waals surface area contributed by atoms with Crippen LogP contribution in [0.4, 0.5) is 18.9 Å². The molecule has 1 heterocycles. The maximum Gasteiger partial charge on any atom is 0.416 e. The third kappa shape index (κ3) is 4.71. The van der Waals surface area contributed by atoms with Gasteiger partial charge in [-0.25, -0.2) is 0 Å². The summed E-state index contributed by atoms with van der Waals surface area (Å²) in [7, 11) is 1.63. The smallest absolute Gasteiger partial charge is 0.416 e. The highest BCUT2D eigenvalue weighted by atomic mass is 32.1. The fourth-order valence-corrected chi connectivity index (χ4v) is 2.94. The summed E-state index contributed by atoms with van der Waals surface area (Å²) in [6, 6.07) is 10.6. The Balaban J connectivity index is 1.54. The lowest BCUT2D eigenvalue weighted by Gasteiger charge is -2.12. The van der Waals surface area contributed by atoms with Crippen LogP contribution in [0, 0.1) is 0 Å². The van der Waals surface area contributed by atoms with Gasteiger partial charge in [-0.15, -0.1) is 0 Å². The van der Waals surface area contributed by atoms with Crippen molar-refractivity contribution in [3.63, 3.8) is 0 Å². The molecule has 4 nitrogen and oxygen atoms in total. The first-order chi connectivity index (χ1) is 12.9. The summed E-state index contributed by atoms with van der Waals surface area (Å²) in [5.41, 5.74) is 1.95. The van der Waals surface area contributed by atoms with Gasteiger partial charge >= 0.3 is 6.18 Å². The molecule has 27 heavy (non-hydrogen) atoms. The Kier molecular flexibility index (Phi) is 5.55. The molecule has 0 spiro atoms. The molecule has 0 radical (unpaired) electrons. The third-order valence-corrected chi connectivity index (χ3v) is 4.37. The summed E-state index contributed by atoms with van der Waals surface area (Å²) < 4.78 is 43.0. The monoisotopic (exact) mass is 393 g/mol. The van der Waals surface area contributed by atoms with E-state index in [1.54, 1.807) is 7.11 Å². The normalized spacial score (nSPS) is 11.4. The van der Waals surface area contributed by atoms with Crippen LogP contribution >= 0.6 is 12.2 Å². The zero-order chi connectivity index (χ0) is 19.4. The second kappa shape index (κ2) is 7.87. The molecule has 0 aliphatic heterocycles. The number of ether oxygens (including phenoxy) is 1. The Morgan fingerprint density at radius 3 is 2.56 bits per heavy atom. The van der Waals surface area contributed by atoms with E-state index >= 15 is 0 Å². The molecule has 0 aliphatic rings. The van der Waals surface area contributed by atoms with Crippen LogP contribution in [0.1, 0.15) is 11.1 Å². The van der Waals surface area contributed by atoms with Crippen LogP contribution in [-0.2, 0) is 12.6 Å². The lowest BCUT2D eigenvalue weighted by Crippen LogP contribution is -2.30. The minimum absolute atomic E-state index is 0.354. The number of fused-ring (bicyclic) bond motifs is 1. The molecule has 3 aromatic rings. The molecule has 0 saturated carbocycles. The van der Waals surface area contributed by atoms with Crippen molar-refractivity contribution < 1.29 is 17.9 Å². The molecule has 3 N–H and O–H groups in total. The average molecular weight is 393 g/mol. The van der Waals surface area contributed by atoms with Crippen molar-refractivity contribution in [1.82, 2.24) is 10.3 Å². The maximum absolute atomic E-state index is 12.6. The van der Waals surface area contributed by atoms with Crippen LogP contribution in [0.25, 0.3) is 10.9 Å². The van der Waals surface area contributed by atoms with Gasteiger partial charge in [-0.3, -0.25) is 0 Å². The van der Waals surface area contributed by atoms with Gasteiger partial charge in [0, 0.05) is 29.3 Å². The Labute approximate surface area is 159 Å². The van der Waals surface area contributed by atoms with Gasteiger partial charge in [-0.05, 0) is 66.7 Å². The number of rotatable bonds is 5. The number of halogens is 3. The standard InChI is InChI=1S/C19H18F3N3OS/c1-26-15-6-7-17-16(10-15)12(11-24-17)8-9-23-18(27)25-14-4-2-13(3-5-14)19(20,21)22/h2-7,10-11,24H,8-9H2,1H3,(H2,23,25,27). The molecule has 0 bridgehead atoms. The predicted molar refractivity (Wildman–Crippen MR) is 104 cm³/mol. The number of hydrogen-bond donors (Lipinski definition) is 3. The Morgan fingerprint density at radius 2 is 1.89 bits per heavy atom. The minimum atomic E-state index is -4.35. The van der Waals surface area contributed by atoms with E-state index in [1.165, 1.54) is 12.1 Å². The molecule has 0 unspecified atom stereocenters. The van der Waals surface area contributed by atoms with Crippen molar-refractivity contribution in [2.75, 3.05) is 19.0 Å². The molecule has 0 fully saturated rings. The van der Waals surface area contributed by atoms with E-state index in [1.807, 2.05) is 24.4 Å². The Hall–Kier alpha value is -2.74. The number of nitrogens with one attached hydrogen (secondary N) is 3. The van der Waals surface area contributed by atoms with Gasteiger partial charge in [0.1, 0.15) is 5.75 Å². The molecule has 0 saturated heterocycles. The van der Waals surface area contributed by atoms with Crippen LogP contribution in [0.2, 0.25) is 0 Å². The number of alkyl halides is 3. The summed E-state index contributed by atoms with van der Waals surface area (Å²) in [5, 5.41) is 7.38. The van der Waals surface area contributed by atoms with E-state index in [4.69, 9.17) is 17.0 Å². The van der Waals surface area contributed by atoms with Gasteiger partial charge in [0.25, 0.3) is 0 Å². The van der Waals surface area contributed by atoms with E-state index < -0.39 is 11.7 Å². The van der Waals surface area contributed by atoms with Crippen molar-refractivity contribution in [3.05, 3.63) is 59.8 Å². The number of anilines is 1. The summed E-state index contributed by atoms with van der Waals surface area (Å²) in [5.74, 6) is 0.788. The van der Waals surface area contributed by atoms with Crippen LogP contribution in [0.5, 0.6) is 5.75 Å². The summed E-state index contributed by atoms with van der Waals surface area (Å²) >= 11 is 5.20. The topological polar surface area (TPSA) is 49.1 Å². The number of thiocarbonyl (C=S) groups is 1. The predicted octanol–water partition coefficient (Wildman–Crippen LogP) is 4.72. The molecule has 142 valence electrons. The lowest BCUT2D eigenvalue weighted by atomic mass is 10.1. The number of hydrogen-bond acceptors (Lipinski definition) is 2. The van der Waals surface area contributed by atoms with E-state index in [0.717, 1.165) is 40.8 Å². The van der Waals surface area contributed by atoms with Crippen molar-refractivity contribution in [2.24, 2.45) is 0 Å². The summed E-state index contributed by atoms with van der Waals surface area (Å²) in [6.45, 7) is 0.580. The van der Waals surface area contributed by atoms with Gasteiger partial charge in [-0.1, -0.05) is 0 Å². The van der Waals surface area contributed by atoms with Crippen LogP contribution in [0.3, 0.4) is 0 Å². The van der Waals surface area contributed by atoms with Crippen molar-refractivity contribution in [3.8, 4) is 5.75 Å². The first-order valence-electron chi connectivity index (χ1n) is 8.23. The first kappa shape index (κ1) is 19.0. The quantitative estimate of drug-likeness (QED) is 0.549. The van der Waals surface area contributed by atoms with Crippen LogP contribution < -0.4 is 15.4 Å². The van der Waals surface area contributed by atoms with Gasteiger partial charge in [-0.2, -0.15) is 13.2 Å². The van der Waals surface area contributed by atoms with Gasteiger partial charge in [0.2, 0.25) is 0 Å². The van der Waals surface area contributed by atoms with E-state index in [0.29, 0.717) is 17.3 Å². The SMILES string of the molecule is COc1ccc2[nH]cc(CCNC(=S)Nc3ccc(C(F)(F)F)cc3)c2c1. The van der Waals surface area contributed by atoms with Gasteiger partial charge < -0.3 is 20.4 Å². The van der Waals surface area contributed by atoms with Crippen molar-refractivity contribution in [2.45, 2.75) is 12.6 Å². The highest BCUT2D eigenvalue weighted by Gasteiger charge is 2.29. The summed E-state index contributed by atoms with van der Waals surface area (Å²) in [4.78, 5) is 3.21. The molecule has 2 aromatic carbocycles. The van der Waals surface area contributed by atoms with E-state index in [2.05, 4.69) is 15.6 Å². The largest absolute Gasteiger partial charge is 0.497 e. The second-order valence-electron chi connectivity index (χ2n) is 5.93. The van der Waals surface area contributed by atoms with Crippen molar-refractivity contribution in [1.29, 1.82) is 0 Å². The number of benzene rings is 2. The molecule has 3 rings (SSSR count). The molecule has 0 amide bonds. The zero-order valence-corrected chi connectivity index (χ0v) is 15.3. The maximum atomic E-state index is 12.6. The van der Waals surface area contributed by atoms with Gasteiger partial charge in [0.05, 0.1) is 12.7 Å². The second-order valence-corrected chi connectivity index (χ2v) is 6.34. The Bertz CT molecular complexity index is 936. The van der Waals surface area contributed by atoms with Gasteiger partial charge in [0.15, 0.2) is 5.11 Å². The molecular formula is C19H18F3N3OS. The minimum Gasteiger partial charge on any atom is -0.497 e. The number of methoxy groups -OCH3 is 1. The van der Waals surface area contributed by atoms with E-state index in [9.17, 15) is 13.2 Å². The van der Waals surface area contributed by atoms with Crippen LogP contribution in [0.15, 0.2) is 48.7 Å².